The molecule has 3 aromatic rings. The number of benzene rings is 2. The Morgan fingerprint density at radius 1 is 1.13 bits per heavy atom. The summed E-state index contributed by atoms with van der Waals surface area (Å²) in [7, 11) is 0. The van der Waals surface area contributed by atoms with Crippen LogP contribution in [-0.4, -0.2) is 29.3 Å². The number of hydrazone groups is 1. The number of esters is 1. The van der Waals surface area contributed by atoms with Gasteiger partial charge in [-0.15, -0.1) is 0 Å². The van der Waals surface area contributed by atoms with Crippen molar-refractivity contribution in [2.75, 3.05) is 6.61 Å². The van der Waals surface area contributed by atoms with Gasteiger partial charge in [-0.05, 0) is 63.2 Å². The van der Waals surface area contributed by atoms with Crippen molar-refractivity contribution in [3.8, 4) is 5.69 Å². The molecule has 0 aliphatic carbocycles. The molecule has 0 fully saturated rings. The number of amides is 1. The van der Waals surface area contributed by atoms with Gasteiger partial charge in [0, 0.05) is 27.7 Å². The summed E-state index contributed by atoms with van der Waals surface area (Å²) < 4.78 is 7.09. The number of aromatic nitrogens is 1. The van der Waals surface area contributed by atoms with Gasteiger partial charge in [0.05, 0.1) is 29.0 Å². The maximum Gasteiger partial charge on any atom is 0.338 e. The van der Waals surface area contributed by atoms with E-state index in [1.807, 2.05) is 36.6 Å². The van der Waals surface area contributed by atoms with Gasteiger partial charge >= 0.3 is 5.97 Å². The normalized spacial score (nSPS) is 11.0. The molecular formula is C23H21Cl2N3O3. The zero-order valence-electron chi connectivity index (χ0n) is 17.3. The molecule has 1 amide bonds. The first-order valence-corrected chi connectivity index (χ1v) is 10.3. The van der Waals surface area contributed by atoms with E-state index in [0.717, 1.165) is 22.6 Å². The molecule has 0 unspecified atom stereocenters. The van der Waals surface area contributed by atoms with Crippen LogP contribution in [-0.2, 0) is 4.74 Å². The molecule has 1 aromatic heterocycles. The second-order valence-corrected chi connectivity index (χ2v) is 7.60. The molecule has 0 saturated heterocycles. The number of nitrogens with one attached hydrogen (secondary N) is 1. The summed E-state index contributed by atoms with van der Waals surface area (Å²) >= 11 is 11.9. The van der Waals surface area contributed by atoms with Gasteiger partial charge in [0.1, 0.15) is 0 Å². The summed E-state index contributed by atoms with van der Waals surface area (Å²) in [5, 5.41) is 4.76. The lowest BCUT2D eigenvalue weighted by Gasteiger charge is -2.11. The van der Waals surface area contributed by atoms with E-state index in [2.05, 4.69) is 10.5 Å². The molecule has 0 saturated carbocycles. The van der Waals surface area contributed by atoms with Gasteiger partial charge in [-0.25, -0.2) is 10.2 Å². The summed E-state index contributed by atoms with van der Waals surface area (Å²) in [6, 6.07) is 13.8. The third-order valence-electron chi connectivity index (χ3n) is 4.63. The molecule has 1 heterocycles. The quantitative estimate of drug-likeness (QED) is 0.308. The third-order valence-corrected chi connectivity index (χ3v) is 5.18. The van der Waals surface area contributed by atoms with Crippen LogP contribution >= 0.6 is 23.2 Å². The number of nitrogens with zero attached hydrogens (tertiary/aromatic N) is 2. The highest BCUT2D eigenvalue weighted by molar-refractivity contribution is 6.36. The van der Waals surface area contributed by atoms with E-state index in [4.69, 9.17) is 27.9 Å². The summed E-state index contributed by atoms with van der Waals surface area (Å²) in [4.78, 5) is 24.4. The second-order valence-electron chi connectivity index (χ2n) is 6.76. The molecule has 160 valence electrons. The Hall–Kier alpha value is -3.09. The van der Waals surface area contributed by atoms with Crippen molar-refractivity contribution < 1.29 is 14.3 Å². The van der Waals surface area contributed by atoms with Crippen LogP contribution in [0.15, 0.2) is 53.6 Å². The van der Waals surface area contributed by atoms with Crippen molar-refractivity contribution >= 4 is 41.3 Å². The van der Waals surface area contributed by atoms with E-state index in [1.54, 1.807) is 31.3 Å². The number of halogens is 2. The fraction of sp³-hybridized carbons (Fsp3) is 0.174. The molecule has 31 heavy (non-hydrogen) atoms. The van der Waals surface area contributed by atoms with E-state index in [1.165, 1.54) is 12.1 Å². The number of hydrogen-bond donors (Lipinski definition) is 1. The van der Waals surface area contributed by atoms with Crippen LogP contribution < -0.4 is 5.43 Å². The Labute approximate surface area is 190 Å². The standard InChI is InChI=1S/C23H21Cl2N3O3/c1-4-31-23(30)16-6-5-7-19(11-16)28-14(2)10-17(15(28)3)13-26-27-22(29)20-9-8-18(24)12-21(20)25/h5-13H,4H2,1-3H3,(H,27,29)/b26-13-. The lowest BCUT2D eigenvalue weighted by molar-refractivity contribution is 0.0526. The minimum absolute atomic E-state index is 0.250. The Morgan fingerprint density at radius 2 is 1.90 bits per heavy atom. The van der Waals surface area contributed by atoms with Crippen molar-refractivity contribution in [2.24, 2.45) is 5.10 Å². The molecule has 6 nitrogen and oxygen atoms in total. The average Bonchev–Trinajstić information content (AvgIpc) is 3.01. The predicted molar refractivity (Wildman–Crippen MR) is 123 cm³/mol. The van der Waals surface area contributed by atoms with Gasteiger partial charge in [0.15, 0.2) is 0 Å². The summed E-state index contributed by atoms with van der Waals surface area (Å²) in [5.41, 5.74) is 6.74. The van der Waals surface area contributed by atoms with Crippen molar-refractivity contribution in [3.05, 3.63) is 86.7 Å². The molecule has 0 spiro atoms. The van der Waals surface area contributed by atoms with Gasteiger partial charge in [0.25, 0.3) is 5.91 Å². The smallest absolute Gasteiger partial charge is 0.338 e. The molecule has 0 aliphatic rings. The van der Waals surface area contributed by atoms with Crippen molar-refractivity contribution in [2.45, 2.75) is 20.8 Å². The number of ether oxygens (including phenoxy) is 1. The first kappa shape index (κ1) is 22.6. The van der Waals surface area contributed by atoms with Gasteiger partial charge in [-0.2, -0.15) is 5.10 Å². The molecule has 0 atom stereocenters. The van der Waals surface area contributed by atoms with Crippen LogP contribution in [0, 0.1) is 13.8 Å². The maximum absolute atomic E-state index is 12.3. The van der Waals surface area contributed by atoms with Crippen molar-refractivity contribution in [1.82, 2.24) is 9.99 Å². The molecule has 8 heteroatoms. The van der Waals surface area contributed by atoms with E-state index < -0.39 is 5.91 Å². The molecule has 0 radical (unpaired) electrons. The van der Waals surface area contributed by atoms with Gasteiger partial charge in [-0.3, -0.25) is 4.79 Å². The number of aryl methyl sites for hydroxylation is 1. The molecule has 1 N–H and O–H groups in total. The summed E-state index contributed by atoms with van der Waals surface area (Å²) in [6.07, 6.45) is 1.57. The highest BCUT2D eigenvalue weighted by atomic mass is 35.5. The monoisotopic (exact) mass is 457 g/mol. The van der Waals surface area contributed by atoms with Crippen LogP contribution in [0.2, 0.25) is 10.0 Å². The van der Waals surface area contributed by atoms with Crippen molar-refractivity contribution in [3.63, 3.8) is 0 Å². The maximum atomic E-state index is 12.3. The molecule has 0 aliphatic heterocycles. The van der Waals surface area contributed by atoms with Gasteiger partial charge < -0.3 is 9.30 Å². The Kier molecular flexibility index (Phi) is 7.15. The minimum Gasteiger partial charge on any atom is -0.462 e. The first-order chi connectivity index (χ1) is 14.8. The van der Waals surface area contributed by atoms with Gasteiger partial charge in [-0.1, -0.05) is 29.3 Å². The third kappa shape index (κ3) is 5.16. The fourth-order valence-electron chi connectivity index (χ4n) is 3.20. The minimum atomic E-state index is -0.436. The topological polar surface area (TPSA) is 72.7 Å². The summed E-state index contributed by atoms with van der Waals surface area (Å²) in [5.74, 6) is -0.800. The van der Waals surface area contributed by atoms with Crippen LogP contribution in [0.25, 0.3) is 5.69 Å². The lowest BCUT2D eigenvalue weighted by atomic mass is 10.2. The molecule has 2 aromatic carbocycles. The predicted octanol–water partition coefficient (Wildman–Crippen LogP) is 5.34. The second kappa shape index (κ2) is 9.81. The molecule has 3 rings (SSSR count). The highest BCUT2D eigenvalue weighted by Gasteiger charge is 2.13. The lowest BCUT2D eigenvalue weighted by Crippen LogP contribution is -2.18. The Bertz CT molecular complexity index is 1170. The van der Waals surface area contributed by atoms with Crippen molar-refractivity contribution in [1.29, 1.82) is 0 Å². The van der Waals surface area contributed by atoms with Gasteiger partial charge in [0.2, 0.25) is 0 Å². The summed E-state index contributed by atoms with van der Waals surface area (Å²) in [6.45, 7) is 5.97. The van der Waals surface area contributed by atoms with E-state index in [0.29, 0.717) is 17.2 Å². The Balaban J connectivity index is 1.81. The molecule has 0 bridgehead atoms. The highest BCUT2D eigenvalue weighted by Crippen LogP contribution is 2.22. The average molecular weight is 458 g/mol. The Morgan fingerprint density at radius 3 is 2.61 bits per heavy atom. The number of hydrogen-bond acceptors (Lipinski definition) is 4. The number of carbonyl (C=O) groups excluding carboxylic acids is 2. The van der Waals surface area contributed by atoms with E-state index in [9.17, 15) is 9.59 Å². The zero-order valence-corrected chi connectivity index (χ0v) is 18.8. The number of carbonyl (C=O) groups is 2. The SMILES string of the molecule is CCOC(=O)c1cccc(-n2c(C)cc(/C=N\NC(=O)c3ccc(Cl)cc3Cl)c2C)c1. The molecular weight excluding hydrogens is 437 g/mol. The van der Waals surface area contributed by atoms with E-state index >= 15 is 0 Å². The first-order valence-electron chi connectivity index (χ1n) is 9.56. The van der Waals surface area contributed by atoms with Crippen LogP contribution in [0.5, 0.6) is 0 Å². The van der Waals surface area contributed by atoms with Crippen LogP contribution in [0.1, 0.15) is 44.6 Å². The largest absolute Gasteiger partial charge is 0.462 e. The van der Waals surface area contributed by atoms with E-state index in [-0.39, 0.29) is 16.6 Å². The van der Waals surface area contributed by atoms with Crippen LogP contribution in [0.3, 0.4) is 0 Å². The van der Waals surface area contributed by atoms with Crippen LogP contribution in [0.4, 0.5) is 0 Å². The fourth-order valence-corrected chi connectivity index (χ4v) is 3.69. The zero-order chi connectivity index (χ0) is 22.5. The number of rotatable bonds is 6.